The summed E-state index contributed by atoms with van der Waals surface area (Å²) in [6.07, 6.45) is 10.1. The van der Waals surface area contributed by atoms with E-state index in [0.717, 1.165) is 54.0 Å². The minimum Gasteiger partial charge on any atom is -0.353 e. The Morgan fingerprint density at radius 1 is 1.14 bits per heavy atom. The number of aromatic nitrogens is 5. The highest BCUT2D eigenvalue weighted by molar-refractivity contribution is 5.91. The lowest BCUT2D eigenvalue weighted by Crippen LogP contribution is -2.60. The maximum atomic E-state index is 9.13. The molecule has 3 fully saturated rings. The second kappa shape index (κ2) is 6.29. The van der Waals surface area contributed by atoms with E-state index in [1.165, 1.54) is 12.8 Å². The number of fused-ring (bicyclic) bond motifs is 3. The van der Waals surface area contributed by atoms with Crippen LogP contribution in [0, 0.1) is 17.2 Å². The van der Waals surface area contributed by atoms with Crippen molar-refractivity contribution in [1.82, 2.24) is 29.6 Å². The fourth-order valence-corrected chi connectivity index (χ4v) is 5.54. The zero-order valence-corrected chi connectivity index (χ0v) is 16.5. The van der Waals surface area contributed by atoms with E-state index in [2.05, 4.69) is 42.0 Å². The molecule has 0 spiro atoms. The van der Waals surface area contributed by atoms with Crippen LogP contribution in [0.5, 0.6) is 0 Å². The SMILES string of the molecule is Cn1cc(-c2cc3c(N4CC5CC[C@@H](C4)N5C4CC(C#N)C4)ncnc3[nH]2)cn1. The van der Waals surface area contributed by atoms with Crippen molar-refractivity contribution in [3.05, 3.63) is 24.8 Å². The summed E-state index contributed by atoms with van der Waals surface area (Å²) in [5, 5.41) is 14.5. The first-order valence-electron chi connectivity index (χ1n) is 10.4. The van der Waals surface area contributed by atoms with Gasteiger partial charge in [0.15, 0.2) is 0 Å². The van der Waals surface area contributed by atoms with E-state index >= 15 is 0 Å². The molecule has 1 aliphatic carbocycles. The molecule has 3 aromatic heterocycles. The van der Waals surface area contributed by atoms with Crippen molar-refractivity contribution in [2.45, 2.75) is 43.8 Å². The van der Waals surface area contributed by atoms with Crippen LogP contribution in [0.25, 0.3) is 22.3 Å². The lowest BCUT2D eigenvalue weighted by molar-refractivity contribution is 0.0437. The van der Waals surface area contributed by atoms with Gasteiger partial charge in [0.2, 0.25) is 0 Å². The van der Waals surface area contributed by atoms with Crippen LogP contribution in [-0.2, 0) is 7.05 Å². The largest absolute Gasteiger partial charge is 0.353 e. The number of anilines is 1. The van der Waals surface area contributed by atoms with E-state index in [1.54, 1.807) is 6.33 Å². The van der Waals surface area contributed by atoms with Crippen LogP contribution in [-0.4, -0.2) is 60.8 Å². The Bertz CT molecular complexity index is 1090. The van der Waals surface area contributed by atoms with Crippen LogP contribution in [0.1, 0.15) is 25.7 Å². The standard InChI is InChI=1S/C21H24N8/c1-27-9-14(8-25-27)19-6-18-20(26-19)23-12-24-21(18)28-10-15-2-3-16(11-28)29(15)17-4-13(5-17)7-22/h6,8-9,12-13,15-17H,2-5,10-11H2,1H3,(H,23,24,26)/t13?,15-,16?,17?/m0/s1. The monoisotopic (exact) mass is 388 g/mol. The van der Waals surface area contributed by atoms with Gasteiger partial charge in [-0.1, -0.05) is 0 Å². The molecular formula is C21H24N8. The first-order chi connectivity index (χ1) is 14.2. The third-order valence-electron chi connectivity index (χ3n) is 6.98. The van der Waals surface area contributed by atoms with Gasteiger partial charge in [0.1, 0.15) is 17.8 Å². The average Bonchev–Trinajstić information content (AvgIpc) is 3.37. The van der Waals surface area contributed by atoms with E-state index in [9.17, 15) is 0 Å². The van der Waals surface area contributed by atoms with Gasteiger partial charge in [0, 0.05) is 55.9 Å². The average molecular weight is 388 g/mol. The van der Waals surface area contributed by atoms with Gasteiger partial charge in [-0.25, -0.2) is 9.97 Å². The highest BCUT2D eigenvalue weighted by Gasteiger charge is 2.47. The van der Waals surface area contributed by atoms with Crippen molar-refractivity contribution in [3.63, 3.8) is 0 Å². The smallest absolute Gasteiger partial charge is 0.143 e. The number of nitriles is 1. The molecule has 1 N–H and O–H groups in total. The van der Waals surface area contributed by atoms with E-state index < -0.39 is 0 Å². The number of hydrogen-bond acceptors (Lipinski definition) is 6. The van der Waals surface area contributed by atoms with Gasteiger partial charge in [0.05, 0.1) is 23.3 Å². The predicted octanol–water partition coefficient (Wildman–Crippen LogP) is 2.31. The fourth-order valence-electron chi connectivity index (χ4n) is 5.54. The summed E-state index contributed by atoms with van der Waals surface area (Å²) in [7, 11) is 1.92. The second-order valence-corrected chi connectivity index (χ2v) is 8.73. The summed E-state index contributed by atoms with van der Waals surface area (Å²) in [6.45, 7) is 2.01. The van der Waals surface area contributed by atoms with Crippen molar-refractivity contribution in [3.8, 4) is 17.3 Å². The number of nitrogens with zero attached hydrogens (tertiary/aromatic N) is 7. The minimum absolute atomic E-state index is 0.268. The summed E-state index contributed by atoms with van der Waals surface area (Å²) in [5.41, 5.74) is 2.95. The van der Waals surface area contributed by atoms with Crippen LogP contribution >= 0.6 is 0 Å². The number of aromatic amines is 1. The van der Waals surface area contributed by atoms with Crippen LogP contribution in [0.15, 0.2) is 24.8 Å². The molecule has 5 heterocycles. The molecule has 8 heteroatoms. The summed E-state index contributed by atoms with van der Waals surface area (Å²) >= 11 is 0. The summed E-state index contributed by atoms with van der Waals surface area (Å²) in [4.78, 5) is 17.7. The molecule has 2 atom stereocenters. The van der Waals surface area contributed by atoms with E-state index in [1.807, 2.05) is 24.1 Å². The Morgan fingerprint density at radius 2 is 1.93 bits per heavy atom. The Hall–Kier alpha value is -2.92. The molecule has 148 valence electrons. The molecule has 0 radical (unpaired) electrons. The molecule has 1 unspecified atom stereocenters. The molecule has 0 amide bonds. The van der Waals surface area contributed by atoms with Crippen molar-refractivity contribution in [1.29, 1.82) is 5.26 Å². The lowest BCUT2D eigenvalue weighted by atomic mass is 9.79. The Labute approximate surface area is 169 Å². The van der Waals surface area contributed by atoms with Gasteiger partial charge < -0.3 is 9.88 Å². The van der Waals surface area contributed by atoms with Gasteiger partial charge in [0.25, 0.3) is 0 Å². The van der Waals surface area contributed by atoms with E-state index in [-0.39, 0.29) is 5.92 Å². The Balaban J connectivity index is 1.28. The molecule has 1 saturated carbocycles. The predicted molar refractivity (Wildman–Crippen MR) is 109 cm³/mol. The molecule has 0 aromatic carbocycles. The molecule has 8 nitrogen and oxygen atoms in total. The number of nitrogens with one attached hydrogen (secondary N) is 1. The number of hydrogen-bond donors (Lipinski definition) is 1. The molecular weight excluding hydrogens is 364 g/mol. The highest BCUT2D eigenvalue weighted by Crippen LogP contribution is 2.42. The van der Waals surface area contributed by atoms with Gasteiger partial charge in [-0.15, -0.1) is 0 Å². The van der Waals surface area contributed by atoms with E-state index in [0.29, 0.717) is 18.1 Å². The Kier molecular flexibility index (Phi) is 3.68. The highest BCUT2D eigenvalue weighted by atomic mass is 15.4. The van der Waals surface area contributed by atoms with Crippen LogP contribution in [0.2, 0.25) is 0 Å². The van der Waals surface area contributed by atoms with Crippen molar-refractivity contribution in [2.75, 3.05) is 18.0 Å². The van der Waals surface area contributed by atoms with Crippen LogP contribution in [0.4, 0.5) is 5.82 Å². The fraction of sp³-hybridized carbons (Fsp3) is 0.524. The van der Waals surface area contributed by atoms with Crippen LogP contribution < -0.4 is 4.90 Å². The van der Waals surface area contributed by atoms with Crippen LogP contribution in [0.3, 0.4) is 0 Å². The first kappa shape index (κ1) is 17.0. The van der Waals surface area contributed by atoms with Gasteiger partial charge in [-0.3, -0.25) is 9.58 Å². The molecule has 2 aliphatic heterocycles. The zero-order valence-electron chi connectivity index (χ0n) is 16.5. The Morgan fingerprint density at radius 3 is 2.62 bits per heavy atom. The first-order valence-corrected chi connectivity index (χ1v) is 10.4. The van der Waals surface area contributed by atoms with Crippen molar-refractivity contribution in [2.24, 2.45) is 13.0 Å². The normalized spacial score (nSPS) is 29.2. The minimum atomic E-state index is 0.268. The molecule has 2 saturated heterocycles. The molecule has 3 aliphatic rings. The van der Waals surface area contributed by atoms with Crippen molar-refractivity contribution < 1.29 is 0 Å². The quantitative estimate of drug-likeness (QED) is 0.741. The molecule has 29 heavy (non-hydrogen) atoms. The van der Waals surface area contributed by atoms with Gasteiger partial charge >= 0.3 is 0 Å². The molecule has 3 aromatic rings. The van der Waals surface area contributed by atoms with E-state index in [4.69, 9.17) is 5.26 Å². The topological polar surface area (TPSA) is 89.7 Å². The lowest BCUT2D eigenvalue weighted by Gasteiger charge is -2.49. The molecule has 6 rings (SSSR count). The summed E-state index contributed by atoms with van der Waals surface area (Å²) in [5.74, 6) is 1.30. The second-order valence-electron chi connectivity index (χ2n) is 8.73. The third-order valence-corrected chi connectivity index (χ3v) is 6.98. The van der Waals surface area contributed by atoms with Crippen molar-refractivity contribution >= 4 is 16.9 Å². The molecule has 2 bridgehead atoms. The number of H-pyrrole nitrogens is 1. The maximum absolute atomic E-state index is 9.13. The van der Waals surface area contributed by atoms with Gasteiger partial charge in [-0.05, 0) is 31.7 Å². The summed E-state index contributed by atoms with van der Waals surface area (Å²) in [6, 6.07) is 6.33. The summed E-state index contributed by atoms with van der Waals surface area (Å²) < 4.78 is 1.81. The third kappa shape index (κ3) is 2.64. The number of piperazine rings is 1. The zero-order chi connectivity index (χ0) is 19.5. The number of rotatable bonds is 3. The number of aryl methyl sites for hydroxylation is 1. The van der Waals surface area contributed by atoms with Gasteiger partial charge in [-0.2, -0.15) is 10.4 Å². The maximum Gasteiger partial charge on any atom is 0.143 e.